The summed E-state index contributed by atoms with van der Waals surface area (Å²) in [6.07, 6.45) is 0. The molecular formula is C14H19N3O2. The molecule has 102 valence electrons. The molecule has 0 amide bonds. The number of aromatic carboxylic acids is 1. The van der Waals surface area contributed by atoms with E-state index >= 15 is 0 Å². The van der Waals surface area contributed by atoms with Crippen LogP contribution >= 0.6 is 0 Å². The fraction of sp³-hybridized carbons (Fsp3) is 0.429. The van der Waals surface area contributed by atoms with Crippen molar-refractivity contribution in [2.45, 2.75) is 26.2 Å². The molecule has 0 fully saturated rings. The quantitative estimate of drug-likeness (QED) is 0.900. The highest BCUT2D eigenvalue weighted by molar-refractivity contribution is 6.01. The van der Waals surface area contributed by atoms with Gasteiger partial charge in [0, 0.05) is 19.5 Å². The van der Waals surface area contributed by atoms with Crippen molar-refractivity contribution in [1.29, 1.82) is 0 Å². The van der Waals surface area contributed by atoms with Crippen LogP contribution in [0.3, 0.4) is 0 Å². The van der Waals surface area contributed by atoms with E-state index in [1.807, 2.05) is 29.8 Å². The van der Waals surface area contributed by atoms with Gasteiger partial charge in [0.05, 0.1) is 11.1 Å². The van der Waals surface area contributed by atoms with E-state index in [4.69, 9.17) is 0 Å². The summed E-state index contributed by atoms with van der Waals surface area (Å²) in [6.45, 7) is 6.19. The summed E-state index contributed by atoms with van der Waals surface area (Å²) in [5, 5.41) is 11.2. The van der Waals surface area contributed by atoms with Crippen LogP contribution < -0.4 is 5.01 Å². The van der Waals surface area contributed by atoms with Crippen LogP contribution in [0.15, 0.2) is 18.2 Å². The highest BCUT2D eigenvalue weighted by Crippen LogP contribution is 2.28. The largest absolute Gasteiger partial charge is 0.478 e. The summed E-state index contributed by atoms with van der Waals surface area (Å²) in [4.78, 5) is 16.0. The predicted octanol–water partition coefficient (Wildman–Crippen LogP) is 2.23. The van der Waals surface area contributed by atoms with Crippen molar-refractivity contribution in [3.63, 3.8) is 0 Å². The zero-order valence-corrected chi connectivity index (χ0v) is 11.9. The minimum Gasteiger partial charge on any atom is -0.478 e. The molecule has 0 aliphatic rings. The fourth-order valence-corrected chi connectivity index (χ4v) is 2.16. The van der Waals surface area contributed by atoms with Gasteiger partial charge in [-0.2, -0.15) is 0 Å². The van der Waals surface area contributed by atoms with E-state index < -0.39 is 5.97 Å². The number of fused-ring (bicyclic) bond motifs is 1. The molecule has 0 saturated carbocycles. The molecule has 1 aromatic heterocycles. The Morgan fingerprint density at radius 2 is 1.95 bits per heavy atom. The number of imidazole rings is 1. The monoisotopic (exact) mass is 261 g/mol. The van der Waals surface area contributed by atoms with E-state index in [2.05, 4.69) is 25.8 Å². The summed E-state index contributed by atoms with van der Waals surface area (Å²) in [5.74, 6) is -0.0877. The zero-order chi connectivity index (χ0) is 14.4. The van der Waals surface area contributed by atoms with E-state index in [-0.39, 0.29) is 11.0 Å². The molecule has 2 aromatic rings. The maximum absolute atomic E-state index is 11.4. The summed E-state index contributed by atoms with van der Waals surface area (Å²) in [5.41, 5.74) is 1.46. The number of benzene rings is 1. The molecule has 2 rings (SSSR count). The second-order valence-corrected chi connectivity index (χ2v) is 5.82. The van der Waals surface area contributed by atoms with Gasteiger partial charge in [0.15, 0.2) is 0 Å². The van der Waals surface area contributed by atoms with Crippen LogP contribution in [0.25, 0.3) is 11.0 Å². The van der Waals surface area contributed by atoms with Gasteiger partial charge in [0.25, 0.3) is 0 Å². The van der Waals surface area contributed by atoms with Crippen molar-refractivity contribution < 1.29 is 9.90 Å². The van der Waals surface area contributed by atoms with Crippen LogP contribution in [0.5, 0.6) is 0 Å². The molecule has 0 aliphatic carbocycles. The Kier molecular flexibility index (Phi) is 3.00. The Balaban J connectivity index is 2.92. The molecule has 1 heterocycles. The molecule has 19 heavy (non-hydrogen) atoms. The van der Waals surface area contributed by atoms with E-state index in [9.17, 15) is 9.90 Å². The van der Waals surface area contributed by atoms with Crippen LogP contribution in [0.1, 0.15) is 37.0 Å². The van der Waals surface area contributed by atoms with Gasteiger partial charge in [-0.05, 0) is 12.1 Å². The zero-order valence-electron chi connectivity index (χ0n) is 11.9. The average Bonchev–Trinajstić information content (AvgIpc) is 2.67. The van der Waals surface area contributed by atoms with Gasteiger partial charge in [0.1, 0.15) is 11.3 Å². The average molecular weight is 261 g/mol. The molecule has 0 atom stereocenters. The highest BCUT2D eigenvalue weighted by Gasteiger charge is 2.26. The molecule has 0 spiro atoms. The first kappa shape index (κ1) is 13.4. The Morgan fingerprint density at radius 1 is 1.32 bits per heavy atom. The van der Waals surface area contributed by atoms with Crippen molar-refractivity contribution in [1.82, 2.24) is 9.66 Å². The number of carbonyl (C=O) groups is 1. The number of hydrogen-bond acceptors (Lipinski definition) is 3. The Morgan fingerprint density at radius 3 is 2.42 bits per heavy atom. The summed E-state index contributed by atoms with van der Waals surface area (Å²) >= 11 is 0. The topological polar surface area (TPSA) is 58.4 Å². The van der Waals surface area contributed by atoms with E-state index in [1.165, 1.54) is 0 Å². The van der Waals surface area contributed by atoms with Crippen LogP contribution in [-0.4, -0.2) is 34.8 Å². The first-order valence-corrected chi connectivity index (χ1v) is 6.16. The van der Waals surface area contributed by atoms with Gasteiger partial charge >= 0.3 is 5.97 Å². The van der Waals surface area contributed by atoms with Gasteiger partial charge in [-0.3, -0.25) is 0 Å². The minimum absolute atomic E-state index is 0.168. The molecule has 1 aromatic carbocycles. The van der Waals surface area contributed by atoms with Gasteiger partial charge in [0.2, 0.25) is 0 Å². The SMILES string of the molecule is CN(C)n1c(C(C)(C)C)nc2cccc(C(=O)O)c21. The molecule has 0 saturated heterocycles. The molecule has 0 aliphatic heterocycles. The molecular weight excluding hydrogens is 242 g/mol. The number of hydrogen-bond donors (Lipinski definition) is 1. The van der Waals surface area contributed by atoms with Crippen LogP contribution in [0.4, 0.5) is 0 Å². The van der Waals surface area contributed by atoms with Crippen molar-refractivity contribution >= 4 is 17.0 Å². The lowest BCUT2D eigenvalue weighted by Gasteiger charge is -2.25. The van der Waals surface area contributed by atoms with Gasteiger partial charge in [-0.25, -0.2) is 14.5 Å². The normalized spacial score (nSPS) is 11.8. The number of rotatable bonds is 2. The highest BCUT2D eigenvalue weighted by atomic mass is 16.4. The number of carboxylic acids is 1. The first-order chi connectivity index (χ1) is 8.73. The molecule has 0 radical (unpaired) electrons. The number of carboxylic acid groups (broad SMARTS) is 1. The van der Waals surface area contributed by atoms with Crippen molar-refractivity contribution in [3.8, 4) is 0 Å². The fourth-order valence-electron chi connectivity index (χ4n) is 2.16. The van der Waals surface area contributed by atoms with Crippen LogP contribution in [-0.2, 0) is 5.41 Å². The molecule has 0 bridgehead atoms. The Bertz CT molecular complexity index is 636. The molecule has 5 nitrogen and oxygen atoms in total. The lowest BCUT2D eigenvalue weighted by Crippen LogP contribution is -2.32. The van der Waals surface area contributed by atoms with Gasteiger partial charge < -0.3 is 10.1 Å². The summed E-state index contributed by atoms with van der Waals surface area (Å²) in [7, 11) is 3.77. The number of para-hydroxylation sites is 1. The maximum Gasteiger partial charge on any atom is 0.337 e. The van der Waals surface area contributed by atoms with Crippen molar-refractivity contribution in [2.75, 3.05) is 19.1 Å². The predicted molar refractivity (Wildman–Crippen MR) is 75.5 cm³/mol. The van der Waals surface area contributed by atoms with Gasteiger partial charge in [-0.1, -0.05) is 26.8 Å². The molecule has 0 unspecified atom stereocenters. The van der Waals surface area contributed by atoms with E-state index in [0.29, 0.717) is 11.0 Å². The van der Waals surface area contributed by atoms with Crippen LogP contribution in [0.2, 0.25) is 0 Å². The van der Waals surface area contributed by atoms with Crippen molar-refractivity contribution in [2.24, 2.45) is 0 Å². The Hall–Kier alpha value is -2.04. The van der Waals surface area contributed by atoms with E-state index in [1.54, 1.807) is 12.1 Å². The number of nitrogens with zero attached hydrogens (tertiary/aromatic N) is 3. The summed E-state index contributed by atoms with van der Waals surface area (Å²) in [6, 6.07) is 5.18. The number of aromatic nitrogens is 2. The molecule has 5 heteroatoms. The third kappa shape index (κ3) is 2.16. The smallest absolute Gasteiger partial charge is 0.337 e. The molecule has 1 N–H and O–H groups in total. The lowest BCUT2D eigenvalue weighted by atomic mass is 9.96. The van der Waals surface area contributed by atoms with E-state index in [0.717, 1.165) is 5.82 Å². The third-order valence-corrected chi connectivity index (χ3v) is 2.95. The van der Waals surface area contributed by atoms with Crippen LogP contribution in [0, 0.1) is 0 Å². The standard InChI is InChI=1S/C14H19N3O2/c1-14(2,3)13-15-10-8-6-7-9(12(18)19)11(10)17(13)16(4)5/h6-8H,1-5H3,(H,18,19). The second-order valence-electron chi connectivity index (χ2n) is 5.82. The first-order valence-electron chi connectivity index (χ1n) is 6.16. The second kappa shape index (κ2) is 4.26. The van der Waals surface area contributed by atoms with Crippen molar-refractivity contribution in [3.05, 3.63) is 29.6 Å². The third-order valence-electron chi connectivity index (χ3n) is 2.95. The van der Waals surface area contributed by atoms with Gasteiger partial charge in [-0.15, -0.1) is 0 Å². The maximum atomic E-state index is 11.4. The summed E-state index contributed by atoms with van der Waals surface area (Å²) < 4.78 is 1.87. The lowest BCUT2D eigenvalue weighted by molar-refractivity contribution is 0.0698. The minimum atomic E-state index is -0.936. The Labute approximate surface area is 112 Å².